The minimum absolute atomic E-state index is 0.0397. The summed E-state index contributed by atoms with van der Waals surface area (Å²) in [6, 6.07) is 15.5. The smallest absolute Gasteiger partial charge is 0.331 e. The SMILES string of the molecule is COc1ccc([C@H]2CC(c3c(O)n(C4CCCCC4)c(=O)[nH]c3=O)=Nc3ccccc3S2)cc1. The molecule has 1 aliphatic carbocycles. The van der Waals surface area contributed by atoms with E-state index in [0.29, 0.717) is 12.1 Å². The molecule has 8 heteroatoms. The summed E-state index contributed by atoms with van der Waals surface area (Å²) in [6.45, 7) is 0. The molecular weight excluding hydrogens is 450 g/mol. The number of para-hydroxylation sites is 1. The maximum Gasteiger partial charge on any atom is 0.331 e. The van der Waals surface area contributed by atoms with Crippen molar-refractivity contribution >= 4 is 23.2 Å². The molecule has 0 bridgehead atoms. The van der Waals surface area contributed by atoms with Crippen LogP contribution in [0.2, 0.25) is 0 Å². The maximum absolute atomic E-state index is 13.0. The Balaban J connectivity index is 1.63. The van der Waals surface area contributed by atoms with Crippen molar-refractivity contribution in [1.29, 1.82) is 0 Å². The predicted molar refractivity (Wildman–Crippen MR) is 134 cm³/mol. The molecule has 0 radical (unpaired) electrons. The van der Waals surface area contributed by atoms with Crippen molar-refractivity contribution in [1.82, 2.24) is 9.55 Å². The predicted octanol–water partition coefficient (Wildman–Crippen LogP) is 5.11. The van der Waals surface area contributed by atoms with Crippen molar-refractivity contribution in [2.24, 2.45) is 4.99 Å². The van der Waals surface area contributed by atoms with Crippen LogP contribution in [0.1, 0.15) is 60.9 Å². The molecule has 1 fully saturated rings. The van der Waals surface area contributed by atoms with E-state index in [9.17, 15) is 14.7 Å². The fraction of sp³-hybridized carbons (Fsp3) is 0.346. The third kappa shape index (κ3) is 4.30. The molecule has 34 heavy (non-hydrogen) atoms. The topological polar surface area (TPSA) is 96.7 Å². The summed E-state index contributed by atoms with van der Waals surface area (Å²) >= 11 is 1.67. The summed E-state index contributed by atoms with van der Waals surface area (Å²) < 4.78 is 6.67. The summed E-state index contributed by atoms with van der Waals surface area (Å²) in [4.78, 5) is 34.0. The van der Waals surface area contributed by atoms with Gasteiger partial charge in [0, 0.05) is 22.6 Å². The van der Waals surface area contributed by atoms with Gasteiger partial charge in [-0.3, -0.25) is 19.3 Å². The van der Waals surface area contributed by atoms with Crippen LogP contribution < -0.4 is 16.0 Å². The molecule has 7 nitrogen and oxygen atoms in total. The monoisotopic (exact) mass is 477 g/mol. The van der Waals surface area contributed by atoms with Crippen LogP contribution in [0, 0.1) is 0 Å². The number of aromatic amines is 1. The summed E-state index contributed by atoms with van der Waals surface area (Å²) in [7, 11) is 1.63. The first-order chi connectivity index (χ1) is 16.5. The number of rotatable bonds is 4. The molecule has 1 atom stereocenters. The van der Waals surface area contributed by atoms with Crippen LogP contribution in [-0.2, 0) is 0 Å². The molecule has 3 aromatic rings. The minimum Gasteiger partial charge on any atom is -0.497 e. The van der Waals surface area contributed by atoms with Crippen molar-refractivity contribution in [2.45, 2.75) is 54.7 Å². The van der Waals surface area contributed by atoms with Crippen molar-refractivity contribution in [3.63, 3.8) is 0 Å². The lowest BCUT2D eigenvalue weighted by molar-refractivity contribution is 0.298. The number of aromatic nitrogens is 2. The third-order valence-electron chi connectivity index (χ3n) is 6.60. The largest absolute Gasteiger partial charge is 0.497 e. The Bertz CT molecular complexity index is 1340. The molecular formula is C26H27N3O4S. The van der Waals surface area contributed by atoms with Gasteiger partial charge in [0.25, 0.3) is 5.56 Å². The number of thioether (sulfide) groups is 1. The van der Waals surface area contributed by atoms with Gasteiger partial charge in [0.15, 0.2) is 0 Å². The highest BCUT2D eigenvalue weighted by atomic mass is 32.2. The molecule has 2 aliphatic rings. The zero-order valence-electron chi connectivity index (χ0n) is 19.0. The van der Waals surface area contributed by atoms with E-state index in [4.69, 9.17) is 9.73 Å². The Morgan fingerprint density at radius 3 is 2.53 bits per heavy atom. The van der Waals surface area contributed by atoms with Crippen LogP contribution in [0.15, 0.2) is 68.0 Å². The molecule has 2 N–H and O–H groups in total. The van der Waals surface area contributed by atoms with Crippen molar-refractivity contribution in [3.05, 3.63) is 80.5 Å². The highest BCUT2D eigenvalue weighted by Crippen LogP contribution is 2.46. The molecule has 1 aromatic heterocycles. The highest BCUT2D eigenvalue weighted by molar-refractivity contribution is 7.99. The van der Waals surface area contributed by atoms with Crippen LogP contribution in [0.3, 0.4) is 0 Å². The Kier molecular flexibility index (Phi) is 6.32. The highest BCUT2D eigenvalue weighted by Gasteiger charge is 2.29. The van der Waals surface area contributed by atoms with E-state index < -0.39 is 11.2 Å². The number of methoxy groups -OCH3 is 1. The van der Waals surface area contributed by atoms with E-state index in [1.54, 1.807) is 18.9 Å². The molecule has 1 saturated carbocycles. The number of aliphatic imine (C=N–C) groups is 1. The lowest BCUT2D eigenvalue weighted by Gasteiger charge is -2.25. The fourth-order valence-electron chi connectivity index (χ4n) is 4.85. The van der Waals surface area contributed by atoms with E-state index in [1.807, 2.05) is 48.5 Å². The third-order valence-corrected chi connectivity index (χ3v) is 7.93. The molecule has 176 valence electrons. The molecule has 2 aromatic carbocycles. The van der Waals surface area contributed by atoms with Gasteiger partial charge in [-0.05, 0) is 42.7 Å². The van der Waals surface area contributed by atoms with E-state index in [1.165, 1.54) is 4.57 Å². The summed E-state index contributed by atoms with van der Waals surface area (Å²) in [5, 5.41) is 11.2. The second kappa shape index (κ2) is 9.54. The summed E-state index contributed by atoms with van der Waals surface area (Å²) in [5.74, 6) is 0.488. The molecule has 5 rings (SSSR count). The number of hydrogen-bond donors (Lipinski definition) is 2. The molecule has 2 heterocycles. The number of H-pyrrole nitrogens is 1. The summed E-state index contributed by atoms with van der Waals surface area (Å²) in [6.07, 6.45) is 5.14. The minimum atomic E-state index is -0.605. The van der Waals surface area contributed by atoms with Gasteiger partial charge in [-0.25, -0.2) is 4.79 Å². The van der Waals surface area contributed by atoms with Crippen molar-refractivity contribution in [2.75, 3.05) is 7.11 Å². The summed E-state index contributed by atoms with van der Waals surface area (Å²) in [5.41, 5.74) is 1.20. The molecule has 0 unspecified atom stereocenters. The molecule has 0 saturated heterocycles. The Morgan fingerprint density at radius 1 is 1.06 bits per heavy atom. The number of nitrogens with one attached hydrogen (secondary N) is 1. The van der Waals surface area contributed by atoms with Gasteiger partial charge in [-0.2, -0.15) is 0 Å². The van der Waals surface area contributed by atoms with Gasteiger partial charge in [0.2, 0.25) is 5.88 Å². The van der Waals surface area contributed by atoms with Crippen molar-refractivity contribution in [3.8, 4) is 11.6 Å². The quantitative estimate of drug-likeness (QED) is 0.544. The standard InChI is InChI=1S/C26H27N3O4S/c1-33-18-13-11-16(12-14-18)22-15-20(27-19-9-5-6-10-21(19)34-22)23-24(30)28-26(32)29(25(23)31)17-7-3-2-4-8-17/h5-6,9-14,17,22,31H,2-4,7-8,15H2,1H3,(H,28,30,32)/t22-/m1/s1. The molecule has 0 amide bonds. The number of hydrogen-bond acceptors (Lipinski definition) is 6. The lowest BCUT2D eigenvalue weighted by atomic mass is 9.95. The Hall–Kier alpha value is -3.26. The van der Waals surface area contributed by atoms with Crippen LogP contribution in [-0.4, -0.2) is 27.5 Å². The molecule has 0 spiro atoms. The van der Waals surface area contributed by atoms with Gasteiger partial charge < -0.3 is 9.84 Å². The van der Waals surface area contributed by atoms with Crippen LogP contribution in [0.5, 0.6) is 11.6 Å². The number of aromatic hydroxyl groups is 1. The van der Waals surface area contributed by atoms with E-state index in [2.05, 4.69) is 4.98 Å². The van der Waals surface area contributed by atoms with Crippen molar-refractivity contribution < 1.29 is 9.84 Å². The number of fused-ring (bicyclic) bond motifs is 1. The second-order valence-corrected chi connectivity index (χ2v) is 9.97. The first kappa shape index (κ1) is 22.5. The van der Waals surface area contributed by atoms with Gasteiger partial charge in [-0.15, -0.1) is 11.8 Å². The van der Waals surface area contributed by atoms with Gasteiger partial charge in [-0.1, -0.05) is 43.5 Å². The first-order valence-corrected chi connectivity index (χ1v) is 12.5. The Morgan fingerprint density at radius 2 is 1.79 bits per heavy atom. The van der Waals surface area contributed by atoms with E-state index >= 15 is 0 Å². The fourth-order valence-corrected chi connectivity index (χ4v) is 6.08. The lowest BCUT2D eigenvalue weighted by Crippen LogP contribution is -2.36. The van der Waals surface area contributed by atoms with E-state index in [0.717, 1.165) is 54.0 Å². The normalized spacial score (nSPS) is 18.6. The Labute approximate surface area is 201 Å². The second-order valence-electron chi connectivity index (χ2n) is 8.73. The van der Waals surface area contributed by atoms with Crippen LogP contribution in [0.25, 0.3) is 0 Å². The van der Waals surface area contributed by atoms with Crippen LogP contribution >= 0.6 is 11.8 Å². The average molecular weight is 478 g/mol. The molecule has 1 aliphatic heterocycles. The number of ether oxygens (including phenoxy) is 1. The zero-order valence-corrected chi connectivity index (χ0v) is 19.8. The van der Waals surface area contributed by atoms with Crippen LogP contribution in [0.4, 0.5) is 5.69 Å². The van der Waals surface area contributed by atoms with E-state index in [-0.39, 0.29) is 22.7 Å². The zero-order chi connectivity index (χ0) is 23.7. The average Bonchev–Trinajstić information content (AvgIpc) is 3.04. The maximum atomic E-state index is 13.0. The first-order valence-electron chi connectivity index (χ1n) is 11.6. The van der Waals surface area contributed by atoms with Gasteiger partial charge in [0.05, 0.1) is 18.5 Å². The number of nitrogens with zero attached hydrogens (tertiary/aromatic N) is 2. The van der Waals surface area contributed by atoms with Gasteiger partial charge >= 0.3 is 5.69 Å². The van der Waals surface area contributed by atoms with Gasteiger partial charge in [0.1, 0.15) is 11.3 Å². The number of benzene rings is 2.